The van der Waals surface area contributed by atoms with Gasteiger partial charge in [0.25, 0.3) is 5.89 Å². The summed E-state index contributed by atoms with van der Waals surface area (Å²) >= 11 is 0. The van der Waals surface area contributed by atoms with E-state index in [-0.39, 0.29) is 23.7 Å². The maximum atomic E-state index is 14.3. The monoisotopic (exact) mass is 405 g/mol. The zero-order chi connectivity index (χ0) is 20.8. The molecule has 2 aromatic rings. The highest BCUT2D eigenvalue weighted by atomic mass is 19.1. The number of likely N-dealkylation sites (tertiary alicyclic amines) is 1. The maximum absolute atomic E-state index is 14.3. The fourth-order valence-corrected chi connectivity index (χ4v) is 3.41. The van der Waals surface area contributed by atoms with Gasteiger partial charge in [-0.25, -0.2) is 9.18 Å². The van der Waals surface area contributed by atoms with Gasteiger partial charge >= 0.3 is 6.09 Å². The Morgan fingerprint density at radius 3 is 2.72 bits per heavy atom. The van der Waals surface area contributed by atoms with Crippen LogP contribution in [0.15, 0.2) is 22.7 Å². The normalized spacial score (nSPS) is 15.0. The number of rotatable bonds is 7. The molecule has 0 atom stereocenters. The van der Waals surface area contributed by atoms with E-state index in [1.54, 1.807) is 24.0 Å². The van der Waals surface area contributed by atoms with Crippen molar-refractivity contribution in [1.82, 2.24) is 15.0 Å². The molecule has 1 saturated heterocycles. The summed E-state index contributed by atoms with van der Waals surface area (Å²) in [5.74, 6) is 1.22. The van der Waals surface area contributed by atoms with Crippen LogP contribution in [0.2, 0.25) is 0 Å². The van der Waals surface area contributed by atoms with E-state index in [1.807, 2.05) is 13.8 Å². The molecule has 0 aliphatic carbocycles. The summed E-state index contributed by atoms with van der Waals surface area (Å²) in [5.41, 5.74) is 0.265. The van der Waals surface area contributed by atoms with Gasteiger partial charge in [0.15, 0.2) is 5.82 Å². The average Bonchev–Trinajstić information content (AvgIpc) is 3.11. The smallest absolute Gasteiger partial charge is 0.410 e. The van der Waals surface area contributed by atoms with Gasteiger partial charge in [-0.15, -0.1) is 0 Å². The minimum Gasteiger partial charge on any atom is -0.493 e. The van der Waals surface area contributed by atoms with Gasteiger partial charge in [-0.2, -0.15) is 4.98 Å². The van der Waals surface area contributed by atoms with E-state index in [0.717, 1.165) is 38.8 Å². The van der Waals surface area contributed by atoms with Gasteiger partial charge < -0.3 is 18.9 Å². The van der Waals surface area contributed by atoms with Crippen molar-refractivity contribution in [2.24, 2.45) is 5.92 Å². The van der Waals surface area contributed by atoms with E-state index in [9.17, 15) is 9.18 Å². The minimum absolute atomic E-state index is 0.0904. The third-order valence-electron chi connectivity index (χ3n) is 4.93. The fourth-order valence-electron chi connectivity index (χ4n) is 3.41. The summed E-state index contributed by atoms with van der Waals surface area (Å²) in [6, 6.07) is 4.63. The van der Waals surface area contributed by atoms with E-state index in [0.29, 0.717) is 24.1 Å². The molecule has 0 bridgehead atoms. The number of amides is 1. The van der Waals surface area contributed by atoms with Gasteiger partial charge in [-0.1, -0.05) is 5.16 Å². The van der Waals surface area contributed by atoms with Gasteiger partial charge in [0.1, 0.15) is 11.6 Å². The summed E-state index contributed by atoms with van der Waals surface area (Å²) in [6.45, 7) is 7.39. The van der Waals surface area contributed by atoms with Crippen molar-refractivity contribution >= 4 is 6.09 Å². The summed E-state index contributed by atoms with van der Waals surface area (Å²) in [4.78, 5) is 17.7. The van der Waals surface area contributed by atoms with Crippen LogP contribution in [0.1, 0.15) is 45.4 Å². The number of benzene rings is 1. The van der Waals surface area contributed by atoms with E-state index in [2.05, 4.69) is 10.1 Å². The van der Waals surface area contributed by atoms with E-state index in [4.69, 9.17) is 14.0 Å². The largest absolute Gasteiger partial charge is 0.493 e. The molecule has 1 aliphatic rings. The number of piperidine rings is 1. The number of ether oxygens (including phenoxy) is 2. The van der Waals surface area contributed by atoms with Crippen LogP contribution in [0.5, 0.6) is 5.75 Å². The molecule has 1 fully saturated rings. The number of hydrogen-bond donors (Lipinski definition) is 0. The lowest BCUT2D eigenvalue weighted by atomic mass is 9.92. The Bertz CT molecular complexity index is 816. The Morgan fingerprint density at radius 2 is 2.10 bits per heavy atom. The van der Waals surface area contributed by atoms with Crippen LogP contribution in [0.4, 0.5) is 9.18 Å². The molecule has 0 unspecified atom stereocenters. The first-order chi connectivity index (χ1) is 13.9. The first kappa shape index (κ1) is 21.1. The summed E-state index contributed by atoms with van der Waals surface area (Å²) in [7, 11) is 0. The molecule has 0 N–H and O–H groups in total. The Hall–Kier alpha value is -2.64. The Kier molecular flexibility index (Phi) is 7.06. The number of nitrogens with zero attached hydrogens (tertiary/aromatic N) is 3. The Labute approximate surface area is 170 Å². The van der Waals surface area contributed by atoms with Crippen molar-refractivity contribution in [3.63, 3.8) is 0 Å². The maximum Gasteiger partial charge on any atom is 0.410 e. The van der Waals surface area contributed by atoms with Gasteiger partial charge in [-0.3, -0.25) is 0 Å². The highest BCUT2D eigenvalue weighted by Crippen LogP contribution is 2.26. The first-order valence-corrected chi connectivity index (χ1v) is 10.1. The van der Waals surface area contributed by atoms with Crippen LogP contribution in [0.25, 0.3) is 11.5 Å². The molecule has 1 aliphatic heterocycles. The van der Waals surface area contributed by atoms with Crippen LogP contribution in [-0.4, -0.2) is 46.9 Å². The molecule has 0 spiro atoms. The summed E-state index contributed by atoms with van der Waals surface area (Å²) < 4.78 is 30.2. The van der Waals surface area contributed by atoms with Crippen molar-refractivity contribution in [3.8, 4) is 17.2 Å². The molecule has 29 heavy (non-hydrogen) atoms. The molecule has 1 aromatic heterocycles. The first-order valence-electron chi connectivity index (χ1n) is 10.1. The SMILES string of the molecule is Cc1noc(-c2ccc(OCCCC3CCN(C(=O)OC(C)C)CC3)cc2F)n1. The van der Waals surface area contributed by atoms with E-state index in [1.165, 1.54) is 6.07 Å². The lowest BCUT2D eigenvalue weighted by Gasteiger charge is -2.31. The summed E-state index contributed by atoms with van der Waals surface area (Å²) in [5, 5.41) is 3.68. The van der Waals surface area contributed by atoms with Crippen molar-refractivity contribution in [1.29, 1.82) is 0 Å². The van der Waals surface area contributed by atoms with Crippen LogP contribution >= 0.6 is 0 Å². The number of carbonyl (C=O) groups is 1. The second-order valence-electron chi connectivity index (χ2n) is 7.64. The lowest BCUT2D eigenvalue weighted by Crippen LogP contribution is -2.39. The molecular weight excluding hydrogens is 377 g/mol. The standard InChI is InChI=1S/C21H28FN3O4/c1-14(2)28-21(26)25-10-8-16(9-11-25)5-4-12-27-17-6-7-18(19(22)13-17)20-23-15(3)24-29-20/h6-7,13-14,16H,4-5,8-12H2,1-3H3. The molecule has 1 aromatic carbocycles. The molecule has 7 nitrogen and oxygen atoms in total. The lowest BCUT2D eigenvalue weighted by molar-refractivity contribution is 0.0643. The van der Waals surface area contributed by atoms with Gasteiger partial charge in [-0.05, 0) is 64.5 Å². The van der Waals surface area contributed by atoms with E-state index < -0.39 is 5.82 Å². The van der Waals surface area contributed by atoms with Crippen molar-refractivity contribution in [2.45, 2.75) is 52.6 Å². The fraction of sp³-hybridized carbons (Fsp3) is 0.571. The number of hydrogen-bond acceptors (Lipinski definition) is 6. The number of halogens is 1. The Balaban J connectivity index is 1.38. The molecule has 2 heterocycles. The van der Waals surface area contributed by atoms with Gasteiger partial charge in [0.05, 0.1) is 18.3 Å². The van der Waals surface area contributed by atoms with Gasteiger partial charge in [0, 0.05) is 19.2 Å². The van der Waals surface area contributed by atoms with Crippen LogP contribution in [0, 0.1) is 18.7 Å². The highest BCUT2D eigenvalue weighted by Gasteiger charge is 2.24. The molecule has 1 amide bonds. The van der Waals surface area contributed by atoms with Gasteiger partial charge in [0.2, 0.25) is 0 Å². The third-order valence-corrected chi connectivity index (χ3v) is 4.93. The van der Waals surface area contributed by atoms with Crippen LogP contribution < -0.4 is 4.74 Å². The predicted molar refractivity (Wildman–Crippen MR) is 105 cm³/mol. The number of carbonyl (C=O) groups excluding carboxylic acids is 1. The second-order valence-corrected chi connectivity index (χ2v) is 7.64. The van der Waals surface area contributed by atoms with Crippen molar-refractivity contribution in [2.75, 3.05) is 19.7 Å². The molecule has 0 saturated carbocycles. The second kappa shape index (κ2) is 9.71. The van der Waals surface area contributed by atoms with Crippen molar-refractivity contribution < 1.29 is 23.2 Å². The minimum atomic E-state index is -0.452. The van der Waals surface area contributed by atoms with Crippen LogP contribution in [0.3, 0.4) is 0 Å². The number of aryl methyl sites for hydroxylation is 1. The molecule has 3 rings (SSSR count). The molecule has 8 heteroatoms. The zero-order valence-corrected chi connectivity index (χ0v) is 17.2. The van der Waals surface area contributed by atoms with Crippen LogP contribution in [-0.2, 0) is 4.74 Å². The molecular formula is C21H28FN3O4. The highest BCUT2D eigenvalue weighted by molar-refractivity contribution is 5.67. The quantitative estimate of drug-likeness (QED) is 0.627. The average molecular weight is 405 g/mol. The zero-order valence-electron chi connectivity index (χ0n) is 17.2. The summed E-state index contributed by atoms with van der Waals surface area (Å²) in [6.07, 6.45) is 3.54. The third kappa shape index (κ3) is 5.92. The Morgan fingerprint density at radius 1 is 1.34 bits per heavy atom. The van der Waals surface area contributed by atoms with Crippen molar-refractivity contribution in [3.05, 3.63) is 29.8 Å². The molecule has 0 radical (unpaired) electrons. The number of aromatic nitrogens is 2. The molecule has 158 valence electrons. The van der Waals surface area contributed by atoms with E-state index >= 15 is 0 Å². The topological polar surface area (TPSA) is 77.7 Å². The predicted octanol–water partition coefficient (Wildman–Crippen LogP) is 4.60.